The van der Waals surface area contributed by atoms with Gasteiger partial charge < -0.3 is 19.5 Å². The molecule has 220 valence electrons. The molecule has 0 aromatic carbocycles. The first-order chi connectivity index (χ1) is 17.8. The highest BCUT2D eigenvalue weighted by Gasteiger charge is 2.18. The van der Waals surface area contributed by atoms with Crippen molar-refractivity contribution in [1.29, 1.82) is 0 Å². The van der Waals surface area contributed by atoms with Gasteiger partial charge in [-0.2, -0.15) is 0 Å². The third-order valence-corrected chi connectivity index (χ3v) is 8.94. The second kappa shape index (κ2) is 25.6. The lowest BCUT2D eigenvalue weighted by Gasteiger charge is -2.25. The van der Waals surface area contributed by atoms with Crippen LogP contribution in [-0.2, 0) is 9.36 Å². The third-order valence-electron chi connectivity index (χ3n) is 7.24. The SMILES string of the molecule is CCCCCCCC=CCN(CC(O)C[PH](=O)CCN(C)C)C(=O)CCCCC(CCCC)CCCC. The Morgan fingerprint density at radius 1 is 0.838 bits per heavy atom. The molecule has 1 amide bonds. The predicted molar refractivity (Wildman–Crippen MR) is 163 cm³/mol. The van der Waals surface area contributed by atoms with E-state index in [1.165, 1.54) is 77.0 Å². The molecule has 37 heavy (non-hydrogen) atoms. The molecule has 0 saturated heterocycles. The van der Waals surface area contributed by atoms with Gasteiger partial charge in [-0.05, 0) is 39.3 Å². The van der Waals surface area contributed by atoms with Crippen molar-refractivity contribution >= 4 is 13.7 Å². The number of amides is 1. The van der Waals surface area contributed by atoms with Crippen molar-refractivity contribution in [2.24, 2.45) is 5.92 Å². The Balaban J connectivity index is 4.74. The van der Waals surface area contributed by atoms with Crippen LogP contribution in [0.2, 0.25) is 0 Å². The van der Waals surface area contributed by atoms with Crippen LogP contribution in [0.5, 0.6) is 0 Å². The maximum Gasteiger partial charge on any atom is 0.222 e. The van der Waals surface area contributed by atoms with Crippen LogP contribution in [-0.4, -0.2) is 73.0 Å². The molecule has 0 fully saturated rings. The molecule has 0 rings (SSSR count). The Labute approximate surface area is 231 Å². The van der Waals surface area contributed by atoms with Gasteiger partial charge in [0.05, 0.1) is 13.9 Å². The molecule has 0 aliphatic heterocycles. The summed E-state index contributed by atoms with van der Waals surface area (Å²) in [6.07, 6.45) is 23.4. The molecule has 0 aromatic heterocycles. The van der Waals surface area contributed by atoms with Crippen LogP contribution in [0.1, 0.15) is 124 Å². The lowest BCUT2D eigenvalue weighted by atomic mass is 9.91. The predicted octanol–water partition coefficient (Wildman–Crippen LogP) is 7.77. The Bertz CT molecular complexity index is 575. The minimum Gasteiger partial charge on any atom is -0.391 e. The number of nitrogens with zero attached hydrogens (tertiary/aromatic N) is 2. The molecule has 0 aliphatic rings. The smallest absolute Gasteiger partial charge is 0.222 e. The van der Waals surface area contributed by atoms with Crippen LogP contribution in [0.4, 0.5) is 0 Å². The summed E-state index contributed by atoms with van der Waals surface area (Å²) in [5.41, 5.74) is 0. The Hall–Kier alpha value is -0.640. The standard InChI is InChI=1S/C31H63N2O3P/c1-6-9-12-13-14-15-16-19-24-33(27-30(34)28-37(36)26-25-32(4)5)31(35)23-18-17-22-29(20-10-7-2)21-11-8-3/h16,19,29-30,34,37H,6-15,17-18,20-28H2,1-5H3. The van der Waals surface area contributed by atoms with Crippen LogP contribution in [0.15, 0.2) is 12.2 Å². The van der Waals surface area contributed by atoms with Crippen molar-refractivity contribution in [3.05, 3.63) is 12.2 Å². The molecule has 6 heteroatoms. The number of carbonyl (C=O) groups excluding carboxylic acids is 1. The zero-order chi connectivity index (χ0) is 27.7. The molecule has 0 aromatic rings. The molecular formula is C31H63N2O3P. The van der Waals surface area contributed by atoms with E-state index in [2.05, 4.69) is 32.9 Å². The van der Waals surface area contributed by atoms with Crippen molar-refractivity contribution in [1.82, 2.24) is 9.80 Å². The maximum atomic E-state index is 13.1. The Kier molecular flexibility index (Phi) is 25.2. The number of unbranched alkanes of at least 4 members (excludes halogenated alkanes) is 8. The van der Waals surface area contributed by atoms with E-state index in [1.807, 2.05) is 19.0 Å². The number of rotatable bonds is 26. The summed E-state index contributed by atoms with van der Waals surface area (Å²) in [5.74, 6) is 0.922. The van der Waals surface area contributed by atoms with Gasteiger partial charge in [0.1, 0.15) is 0 Å². The van der Waals surface area contributed by atoms with Crippen LogP contribution in [0.25, 0.3) is 0 Å². The third kappa shape index (κ3) is 23.0. The summed E-state index contributed by atoms with van der Waals surface area (Å²) in [7, 11) is 2.10. The molecule has 0 bridgehead atoms. The van der Waals surface area contributed by atoms with Gasteiger partial charge in [0.15, 0.2) is 0 Å². The van der Waals surface area contributed by atoms with E-state index in [1.54, 1.807) is 4.90 Å². The van der Waals surface area contributed by atoms with Gasteiger partial charge >= 0.3 is 0 Å². The van der Waals surface area contributed by atoms with E-state index in [9.17, 15) is 14.5 Å². The fraction of sp³-hybridized carbons (Fsp3) is 0.903. The van der Waals surface area contributed by atoms with E-state index < -0.39 is 13.9 Å². The van der Waals surface area contributed by atoms with Crippen molar-refractivity contribution in [3.63, 3.8) is 0 Å². The summed E-state index contributed by atoms with van der Waals surface area (Å²) in [6, 6.07) is 0. The van der Waals surface area contributed by atoms with Crippen molar-refractivity contribution in [2.45, 2.75) is 130 Å². The van der Waals surface area contributed by atoms with Crippen molar-refractivity contribution < 1.29 is 14.5 Å². The molecule has 0 spiro atoms. The Morgan fingerprint density at radius 3 is 2.08 bits per heavy atom. The van der Waals surface area contributed by atoms with Crippen molar-refractivity contribution in [3.8, 4) is 0 Å². The minimum absolute atomic E-state index is 0.123. The summed E-state index contributed by atoms with van der Waals surface area (Å²) < 4.78 is 12.4. The topological polar surface area (TPSA) is 60.9 Å². The van der Waals surface area contributed by atoms with E-state index in [0.29, 0.717) is 25.3 Å². The van der Waals surface area contributed by atoms with E-state index in [0.717, 1.165) is 31.7 Å². The van der Waals surface area contributed by atoms with Gasteiger partial charge in [-0.3, -0.25) is 4.79 Å². The fourth-order valence-corrected chi connectivity index (χ4v) is 6.34. The zero-order valence-corrected chi connectivity index (χ0v) is 26.3. The van der Waals surface area contributed by atoms with Crippen LogP contribution in [0.3, 0.4) is 0 Å². The van der Waals surface area contributed by atoms with Gasteiger partial charge in [-0.25, -0.2) is 0 Å². The largest absolute Gasteiger partial charge is 0.391 e. The van der Waals surface area contributed by atoms with Gasteiger partial charge in [0, 0.05) is 38.4 Å². The minimum atomic E-state index is -1.84. The average molecular weight is 543 g/mol. The molecular weight excluding hydrogens is 479 g/mol. The second-order valence-electron chi connectivity index (χ2n) is 11.3. The maximum absolute atomic E-state index is 13.1. The summed E-state index contributed by atoms with van der Waals surface area (Å²) in [4.78, 5) is 16.9. The fourth-order valence-electron chi connectivity index (χ4n) is 4.78. The van der Waals surface area contributed by atoms with Gasteiger partial charge in [-0.1, -0.05) is 110 Å². The highest BCUT2D eigenvalue weighted by Crippen LogP contribution is 2.23. The van der Waals surface area contributed by atoms with Crippen molar-refractivity contribution in [2.75, 3.05) is 46.1 Å². The lowest BCUT2D eigenvalue weighted by molar-refractivity contribution is -0.132. The summed E-state index contributed by atoms with van der Waals surface area (Å²) >= 11 is 0. The van der Waals surface area contributed by atoms with Crippen LogP contribution >= 0.6 is 7.80 Å². The van der Waals surface area contributed by atoms with Crippen LogP contribution < -0.4 is 0 Å². The van der Waals surface area contributed by atoms with Gasteiger partial charge in [0.2, 0.25) is 5.91 Å². The molecule has 0 aliphatic carbocycles. The highest BCUT2D eigenvalue weighted by atomic mass is 31.1. The highest BCUT2D eigenvalue weighted by molar-refractivity contribution is 7.44. The number of aliphatic hydroxyl groups excluding tert-OH is 1. The normalized spacial score (nSPS) is 13.6. The second-order valence-corrected chi connectivity index (χ2v) is 13.3. The molecule has 2 unspecified atom stereocenters. The summed E-state index contributed by atoms with van der Waals surface area (Å²) in [5, 5.41) is 10.6. The molecule has 0 radical (unpaired) electrons. The first kappa shape index (κ1) is 36.4. The molecule has 1 N–H and O–H groups in total. The Morgan fingerprint density at radius 2 is 1.46 bits per heavy atom. The summed E-state index contributed by atoms with van der Waals surface area (Å²) in [6.45, 7) is 8.35. The van der Waals surface area contributed by atoms with E-state index in [-0.39, 0.29) is 12.5 Å². The number of aliphatic hydroxyl groups is 1. The molecule has 5 nitrogen and oxygen atoms in total. The number of allylic oxidation sites excluding steroid dienone is 1. The average Bonchev–Trinajstić information content (AvgIpc) is 2.87. The molecule has 2 atom stereocenters. The van der Waals surface area contributed by atoms with Crippen LogP contribution in [0, 0.1) is 5.92 Å². The first-order valence-electron chi connectivity index (χ1n) is 15.6. The van der Waals surface area contributed by atoms with Gasteiger partial charge in [-0.15, -0.1) is 0 Å². The van der Waals surface area contributed by atoms with E-state index >= 15 is 0 Å². The van der Waals surface area contributed by atoms with E-state index in [4.69, 9.17) is 0 Å². The number of hydrogen-bond acceptors (Lipinski definition) is 4. The molecule has 0 heterocycles. The first-order valence-corrected chi connectivity index (χ1v) is 17.4. The molecule has 0 saturated carbocycles. The monoisotopic (exact) mass is 542 g/mol. The quantitative estimate of drug-likeness (QED) is 0.0689. The van der Waals surface area contributed by atoms with Gasteiger partial charge in [0.25, 0.3) is 0 Å². The lowest BCUT2D eigenvalue weighted by Crippen LogP contribution is -2.38. The zero-order valence-electron chi connectivity index (χ0n) is 25.3. The number of carbonyl (C=O) groups is 1. The number of hydrogen-bond donors (Lipinski definition) is 1.